The number of ether oxygens (including phenoxy) is 2. The van der Waals surface area contributed by atoms with Crippen LogP contribution in [0.2, 0.25) is 0 Å². The van der Waals surface area contributed by atoms with Crippen molar-refractivity contribution in [2.45, 2.75) is 30.4 Å². The molecule has 0 saturated heterocycles. The summed E-state index contributed by atoms with van der Waals surface area (Å²) >= 11 is 0. The van der Waals surface area contributed by atoms with Gasteiger partial charge in [0, 0.05) is 24.2 Å². The summed E-state index contributed by atoms with van der Waals surface area (Å²) in [5.74, 6) is 0.158. The molecule has 0 bridgehead atoms. The number of carbonyl (C=O) groups excluding carboxylic acids is 2. The molecule has 0 radical (unpaired) electrons. The van der Waals surface area contributed by atoms with E-state index in [1.165, 1.54) is 20.1 Å². The highest BCUT2D eigenvalue weighted by molar-refractivity contribution is 7.92. The summed E-state index contributed by atoms with van der Waals surface area (Å²) < 4.78 is 36.5. The fourth-order valence-corrected chi connectivity index (χ4v) is 4.61. The normalized spacial score (nSPS) is 14.2. The highest BCUT2D eigenvalue weighted by Gasteiger charge is 2.29. The minimum Gasteiger partial charge on any atom is -0.497 e. The molecule has 1 aliphatic rings. The zero-order valence-corrected chi connectivity index (χ0v) is 17.1. The summed E-state index contributed by atoms with van der Waals surface area (Å²) in [5, 5.41) is 4.37. The van der Waals surface area contributed by atoms with Crippen molar-refractivity contribution in [1.82, 2.24) is 0 Å². The van der Waals surface area contributed by atoms with Gasteiger partial charge in [0.15, 0.2) is 16.4 Å². The fraction of sp³-hybridized carbons (Fsp3) is 0.300. The number of amides is 2. The average molecular weight is 418 g/mol. The Morgan fingerprint density at radius 1 is 1.31 bits per heavy atom. The van der Waals surface area contributed by atoms with E-state index in [-0.39, 0.29) is 23.8 Å². The third-order valence-electron chi connectivity index (χ3n) is 4.57. The van der Waals surface area contributed by atoms with Crippen LogP contribution in [0.4, 0.5) is 11.4 Å². The zero-order chi connectivity index (χ0) is 21.2. The highest BCUT2D eigenvalue weighted by atomic mass is 32.2. The van der Waals surface area contributed by atoms with Crippen molar-refractivity contribution in [3.8, 4) is 11.5 Å². The van der Waals surface area contributed by atoms with Crippen LogP contribution in [0.1, 0.15) is 18.9 Å². The number of hydrogen-bond donors (Lipinski definition) is 2. The summed E-state index contributed by atoms with van der Waals surface area (Å²) in [5.41, 5.74) is 1.42. The van der Waals surface area contributed by atoms with Crippen molar-refractivity contribution in [1.29, 1.82) is 0 Å². The van der Waals surface area contributed by atoms with E-state index in [2.05, 4.69) is 10.6 Å². The maximum atomic E-state index is 13.0. The topological polar surface area (TPSA) is 111 Å². The molecule has 1 aliphatic heterocycles. The lowest BCUT2D eigenvalue weighted by Crippen LogP contribution is -2.27. The van der Waals surface area contributed by atoms with Crippen molar-refractivity contribution in [3.63, 3.8) is 0 Å². The standard InChI is InChI=1S/C20H22N2O6S/c1-12-7-16-17(28-11-20(24)22-16)10-18(12)29(25,26)13(2)8-19(23)21-14-5-4-6-15(9-14)27-3/h4-7,9-10,13H,8,11H2,1-3H3,(H,21,23)(H,22,24)/t13-/m0/s1. The molecule has 0 saturated carbocycles. The summed E-state index contributed by atoms with van der Waals surface area (Å²) in [4.78, 5) is 23.9. The SMILES string of the molecule is COc1cccc(NC(=O)C[C@H](C)S(=O)(=O)c2cc3c(cc2C)NC(=O)CO3)c1. The number of anilines is 2. The molecule has 1 heterocycles. The summed E-state index contributed by atoms with van der Waals surface area (Å²) in [6.45, 7) is 2.95. The van der Waals surface area contributed by atoms with Crippen LogP contribution >= 0.6 is 0 Å². The molecule has 0 fully saturated rings. The van der Waals surface area contributed by atoms with Gasteiger partial charge in [-0.3, -0.25) is 9.59 Å². The molecule has 9 heteroatoms. The number of nitrogens with one attached hydrogen (secondary N) is 2. The van der Waals surface area contributed by atoms with Crippen molar-refractivity contribution in [3.05, 3.63) is 42.0 Å². The maximum absolute atomic E-state index is 13.0. The van der Waals surface area contributed by atoms with Crippen LogP contribution in [0.3, 0.4) is 0 Å². The Morgan fingerprint density at radius 2 is 2.07 bits per heavy atom. The lowest BCUT2D eigenvalue weighted by Gasteiger charge is -2.21. The molecular formula is C20H22N2O6S. The number of rotatable bonds is 6. The summed E-state index contributed by atoms with van der Waals surface area (Å²) in [6.07, 6.45) is -0.215. The number of methoxy groups -OCH3 is 1. The van der Waals surface area contributed by atoms with Crippen LogP contribution in [-0.2, 0) is 19.4 Å². The number of fused-ring (bicyclic) bond motifs is 1. The molecule has 29 heavy (non-hydrogen) atoms. The molecule has 2 amide bonds. The molecule has 0 spiro atoms. The first kappa shape index (κ1) is 20.7. The van der Waals surface area contributed by atoms with Gasteiger partial charge in [-0.1, -0.05) is 6.07 Å². The van der Waals surface area contributed by atoms with E-state index in [1.807, 2.05) is 0 Å². The lowest BCUT2D eigenvalue weighted by molar-refractivity contribution is -0.118. The molecule has 1 atom stereocenters. The summed E-state index contributed by atoms with van der Waals surface area (Å²) in [6, 6.07) is 9.77. The first-order valence-electron chi connectivity index (χ1n) is 8.96. The van der Waals surface area contributed by atoms with Crippen LogP contribution in [-0.4, -0.2) is 39.2 Å². The minimum absolute atomic E-state index is 0.0779. The van der Waals surface area contributed by atoms with Gasteiger partial charge in [-0.2, -0.15) is 0 Å². The lowest BCUT2D eigenvalue weighted by atomic mass is 10.2. The van der Waals surface area contributed by atoms with Crippen molar-refractivity contribution >= 4 is 33.0 Å². The number of carbonyl (C=O) groups is 2. The summed E-state index contributed by atoms with van der Waals surface area (Å²) in [7, 11) is -2.28. The third kappa shape index (κ3) is 4.51. The number of benzene rings is 2. The van der Waals surface area contributed by atoms with Crippen molar-refractivity contribution < 1.29 is 27.5 Å². The third-order valence-corrected chi connectivity index (χ3v) is 6.85. The second kappa shape index (κ2) is 8.12. The predicted octanol–water partition coefficient (Wildman–Crippen LogP) is 2.53. The van der Waals surface area contributed by atoms with Gasteiger partial charge in [-0.05, 0) is 37.6 Å². The fourth-order valence-electron chi connectivity index (χ4n) is 3.02. The first-order chi connectivity index (χ1) is 13.7. The molecule has 0 aromatic heterocycles. The molecule has 8 nitrogen and oxygen atoms in total. The van der Waals surface area contributed by atoms with Gasteiger partial charge in [0.25, 0.3) is 5.91 Å². The van der Waals surface area contributed by atoms with E-state index in [0.717, 1.165) is 0 Å². The average Bonchev–Trinajstić information content (AvgIpc) is 2.67. The monoisotopic (exact) mass is 418 g/mol. The molecule has 3 rings (SSSR count). The largest absolute Gasteiger partial charge is 0.497 e. The molecular weight excluding hydrogens is 396 g/mol. The van der Waals surface area contributed by atoms with Crippen LogP contribution in [0.15, 0.2) is 41.3 Å². The van der Waals surface area contributed by atoms with Crippen LogP contribution < -0.4 is 20.1 Å². The van der Waals surface area contributed by atoms with E-state index in [4.69, 9.17) is 9.47 Å². The van der Waals surface area contributed by atoms with Crippen LogP contribution in [0.25, 0.3) is 0 Å². The maximum Gasteiger partial charge on any atom is 0.262 e. The first-order valence-corrected chi connectivity index (χ1v) is 10.5. The Balaban J connectivity index is 1.77. The molecule has 2 aromatic carbocycles. The second-order valence-electron chi connectivity index (χ2n) is 6.79. The van der Waals surface area contributed by atoms with Crippen LogP contribution in [0, 0.1) is 6.92 Å². The Kier molecular flexibility index (Phi) is 5.78. The van der Waals surface area contributed by atoms with Crippen LogP contribution in [0.5, 0.6) is 11.5 Å². The minimum atomic E-state index is -3.80. The Bertz CT molecular complexity index is 1060. The van der Waals surface area contributed by atoms with E-state index in [9.17, 15) is 18.0 Å². The zero-order valence-electron chi connectivity index (χ0n) is 16.3. The quantitative estimate of drug-likeness (QED) is 0.746. The van der Waals surface area contributed by atoms with Gasteiger partial charge in [-0.15, -0.1) is 0 Å². The van der Waals surface area contributed by atoms with Gasteiger partial charge in [0.1, 0.15) is 11.5 Å². The molecule has 2 aromatic rings. The van der Waals surface area contributed by atoms with E-state index in [0.29, 0.717) is 28.4 Å². The van der Waals surface area contributed by atoms with E-state index in [1.54, 1.807) is 37.3 Å². The van der Waals surface area contributed by atoms with Gasteiger partial charge >= 0.3 is 0 Å². The Morgan fingerprint density at radius 3 is 2.79 bits per heavy atom. The molecule has 154 valence electrons. The Hall–Kier alpha value is -3.07. The number of sulfone groups is 1. The molecule has 0 aliphatic carbocycles. The van der Waals surface area contributed by atoms with E-state index < -0.39 is 21.0 Å². The molecule has 2 N–H and O–H groups in total. The van der Waals surface area contributed by atoms with Gasteiger partial charge in [-0.25, -0.2) is 8.42 Å². The van der Waals surface area contributed by atoms with E-state index >= 15 is 0 Å². The molecule has 0 unspecified atom stereocenters. The van der Waals surface area contributed by atoms with Gasteiger partial charge in [0.2, 0.25) is 5.91 Å². The smallest absolute Gasteiger partial charge is 0.262 e. The number of hydrogen-bond acceptors (Lipinski definition) is 6. The second-order valence-corrected chi connectivity index (χ2v) is 9.13. The number of aryl methyl sites for hydroxylation is 1. The van der Waals surface area contributed by atoms with Crippen molar-refractivity contribution in [2.24, 2.45) is 0 Å². The van der Waals surface area contributed by atoms with Crippen molar-refractivity contribution in [2.75, 3.05) is 24.4 Å². The Labute approximate surface area is 169 Å². The van der Waals surface area contributed by atoms with Gasteiger partial charge < -0.3 is 20.1 Å². The predicted molar refractivity (Wildman–Crippen MR) is 108 cm³/mol. The van der Waals surface area contributed by atoms with Gasteiger partial charge in [0.05, 0.1) is 22.9 Å². The highest BCUT2D eigenvalue weighted by Crippen LogP contribution is 2.34.